The predicted octanol–water partition coefficient (Wildman–Crippen LogP) is 3.66. The van der Waals surface area contributed by atoms with Crippen molar-refractivity contribution in [3.8, 4) is 5.75 Å². The van der Waals surface area contributed by atoms with Gasteiger partial charge in [0.2, 0.25) is 0 Å². The molecule has 0 aromatic heterocycles. The minimum absolute atomic E-state index is 0.568. The molecule has 2 rings (SSSR count). The summed E-state index contributed by atoms with van der Waals surface area (Å²) in [5.74, 6) is 0.934. The van der Waals surface area contributed by atoms with E-state index in [4.69, 9.17) is 4.74 Å². The van der Waals surface area contributed by atoms with Gasteiger partial charge in [-0.25, -0.2) is 0 Å². The first-order chi connectivity index (χ1) is 8.16. The molecule has 0 spiro atoms. The topological polar surface area (TPSA) is 21.3 Å². The molecule has 2 nitrogen and oxygen atoms in total. The van der Waals surface area contributed by atoms with E-state index in [2.05, 4.69) is 33.9 Å². The highest BCUT2D eigenvalue weighted by Crippen LogP contribution is 2.30. The van der Waals surface area contributed by atoms with Gasteiger partial charge in [0.1, 0.15) is 12.4 Å². The number of hydrogen-bond donors (Lipinski definition) is 1. The van der Waals surface area contributed by atoms with Crippen LogP contribution in [-0.2, 0) is 6.54 Å². The average Bonchev–Trinajstić information content (AvgIpc) is 3.08. The zero-order valence-electron chi connectivity index (χ0n) is 10.1. The van der Waals surface area contributed by atoms with E-state index in [1.807, 2.05) is 19.1 Å². The van der Waals surface area contributed by atoms with E-state index in [1.54, 1.807) is 0 Å². The van der Waals surface area contributed by atoms with Crippen molar-refractivity contribution in [2.45, 2.75) is 32.4 Å². The maximum Gasteiger partial charge on any atom is 0.138 e. The fourth-order valence-electron chi connectivity index (χ4n) is 1.59. The van der Waals surface area contributed by atoms with Crippen LogP contribution in [0.15, 0.2) is 34.8 Å². The highest BCUT2D eigenvalue weighted by Gasteiger charge is 2.20. The Hall–Kier alpha value is -0.800. The third kappa shape index (κ3) is 3.86. The van der Waals surface area contributed by atoms with Crippen molar-refractivity contribution < 1.29 is 4.74 Å². The molecular weight excluding hydrogens is 278 g/mol. The van der Waals surface area contributed by atoms with E-state index in [0.29, 0.717) is 12.6 Å². The van der Waals surface area contributed by atoms with Crippen LogP contribution in [0.4, 0.5) is 0 Å². The molecule has 0 unspecified atom stereocenters. The lowest BCUT2D eigenvalue weighted by Gasteiger charge is -2.13. The molecule has 0 aliphatic heterocycles. The van der Waals surface area contributed by atoms with Crippen molar-refractivity contribution in [2.24, 2.45) is 0 Å². The number of para-hydroxylation sites is 1. The summed E-state index contributed by atoms with van der Waals surface area (Å²) >= 11 is 3.54. The molecule has 1 aromatic carbocycles. The Bertz CT molecular complexity index is 413. The zero-order valence-corrected chi connectivity index (χ0v) is 11.7. The second-order valence-electron chi connectivity index (χ2n) is 4.63. The van der Waals surface area contributed by atoms with Gasteiger partial charge in [-0.3, -0.25) is 0 Å². The van der Waals surface area contributed by atoms with Crippen molar-refractivity contribution in [3.05, 3.63) is 40.4 Å². The number of ether oxygens (including phenoxy) is 1. The summed E-state index contributed by atoms with van der Waals surface area (Å²) in [6, 6.07) is 6.87. The molecule has 92 valence electrons. The number of halogens is 1. The summed E-state index contributed by atoms with van der Waals surface area (Å²) in [7, 11) is 0. The van der Waals surface area contributed by atoms with Gasteiger partial charge in [0.15, 0.2) is 0 Å². The molecule has 1 N–H and O–H groups in total. The molecule has 1 saturated carbocycles. The lowest BCUT2D eigenvalue weighted by Crippen LogP contribution is -2.16. The molecule has 3 heteroatoms. The molecule has 0 saturated heterocycles. The normalized spacial score (nSPS) is 14.7. The van der Waals surface area contributed by atoms with Crippen LogP contribution in [0.1, 0.15) is 25.3 Å². The molecule has 1 aromatic rings. The van der Waals surface area contributed by atoms with Crippen LogP contribution >= 0.6 is 15.9 Å². The molecule has 0 radical (unpaired) electrons. The molecular formula is C14H18BrNO. The van der Waals surface area contributed by atoms with Crippen molar-refractivity contribution in [3.63, 3.8) is 0 Å². The maximum absolute atomic E-state index is 5.80. The third-order valence-electron chi connectivity index (χ3n) is 2.67. The second kappa shape index (κ2) is 5.69. The largest absolute Gasteiger partial charge is 0.488 e. The Morgan fingerprint density at radius 2 is 2.29 bits per heavy atom. The van der Waals surface area contributed by atoms with Crippen LogP contribution in [0.25, 0.3) is 0 Å². The highest BCUT2D eigenvalue weighted by atomic mass is 79.9. The van der Waals surface area contributed by atoms with E-state index < -0.39 is 0 Å². The summed E-state index contributed by atoms with van der Waals surface area (Å²) < 4.78 is 6.80. The Balaban J connectivity index is 2.05. The molecule has 0 atom stereocenters. The molecule has 1 aliphatic rings. The lowest BCUT2D eigenvalue weighted by atomic mass is 10.2. The fourth-order valence-corrected chi connectivity index (χ4v) is 2.11. The van der Waals surface area contributed by atoms with Gasteiger partial charge in [0, 0.05) is 18.2 Å². The monoisotopic (exact) mass is 295 g/mol. The van der Waals surface area contributed by atoms with Crippen LogP contribution in [0.5, 0.6) is 5.75 Å². The lowest BCUT2D eigenvalue weighted by molar-refractivity contribution is 0.345. The van der Waals surface area contributed by atoms with Crippen LogP contribution in [-0.4, -0.2) is 12.6 Å². The average molecular weight is 296 g/mol. The van der Waals surface area contributed by atoms with Gasteiger partial charge in [-0.05, 0) is 47.3 Å². The zero-order chi connectivity index (χ0) is 12.3. The summed E-state index contributed by atoms with van der Waals surface area (Å²) in [6.45, 7) is 7.27. The maximum atomic E-state index is 5.80. The molecule has 0 amide bonds. The predicted molar refractivity (Wildman–Crippen MR) is 74.3 cm³/mol. The minimum Gasteiger partial charge on any atom is -0.488 e. The van der Waals surface area contributed by atoms with E-state index in [-0.39, 0.29) is 0 Å². The van der Waals surface area contributed by atoms with Crippen LogP contribution < -0.4 is 10.1 Å². The van der Waals surface area contributed by atoms with E-state index in [1.165, 1.54) is 18.4 Å². The van der Waals surface area contributed by atoms with E-state index in [0.717, 1.165) is 22.3 Å². The first-order valence-electron chi connectivity index (χ1n) is 5.95. The summed E-state index contributed by atoms with van der Waals surface area (Å²) in [5, 5.41) is 3.50. The number of nitrogens with one attached hydrogen (secondary N) is 1. The van der Waals surface area contributed by atoms with Gasteiger partial charge in [-0.15, -0.1) is 0 Å². The fraction of sp³-hybridized carbons (Fsp3) is 0.429. The Kier molecular flexibility index (Phi) is 4.24. The van der Waals surface area contributed by atoms with Crippen molar-refractivity contribution in [1.29, 1.82) is 0 Å². The number of hydrogen-bond acceptors (Lipinski definition) is 2. The van der Waals surface area contributed by atoms with E-state index in [9.17, 15) is 0 Å². The Labute approximate surface area is 111 Å². The number of rotatable bonds is 6. The summed E-state index contributed by atoms with van der Waals surface area (Å²) in [5.41, 5.74) is 2.23. The first kappa shape index (κ1) is 12.7. The van der Waals surface area contributed by atoms with Gasteiger partial charge in [0.05, 0.1) is 4.47 Å². The SMILES string of the molecule is C=C(C)COc1c(Br)cccc1CNC1CC1. The van der Waals surface area contributed by atoms with Crippen molar-refractivity contribution in [2.75, 3.05) is 6.61 Å². The van der Waals surface area contributed by atoms with Gasteiger partial charge < -0.3 is 10.1 Å². The Morgan fingerprint density at radius 3 is 2.94 bits per heavy atom. The molecule has 1 aliphatic carbocycles. The molecule has 0 heterocycles. The van der Waals surface area contributed by atoms with Crippen LogP contribution in [0, 0.1) is 0 Å². The van der Waals surface area contributed by atoms with E-state index >= 15 is 0 Å². The molecule has 17 heavy (non-hydrogen) atoms. The van der Waals surface area contributed by atoms with Crippen molar-refractivity contribution >= 4 is 15.9 Å². The second-order valence-corrected chi connectivity index (χ2v) is 5.48. The third-order valence-corrected chi connectivity index (χ3v) is 3.29. The molecule has 1 fully saturated rings. The van der Waals surface area contributed by atoms with Crippen LogP contribution in [0.2, 0.25) is 0 Å². The molecule has 0 bridgehead atoms. The van der Waals surface area contributed by atoms with Gasteiger partial charge >= 0.3 is 0 Å². The van der Waals surface area contributed by atoms with Crippen molar-refractivity contribution in [1.82, 2.24) is 5.32 Å². The number of benzene rings is 1. The Morgan fingerprint density at radius 1 is 1.53 bits per heavy atom. The first-order valence-corrected chi connectivity index (χ1v) is 6.74. The summed E-state index contributed by atoms with van der Waals surface area (Å²) in [6.07, 6.45) is 2.60. The van der Waals surface area contributed by atoms with Gasteiger partial charge in [-0.1, -0.05) is 18.7 Å². The van der Waals surface area contributed by atoms with Gasteiger partial charge in [0.25, 0.3) is 0 Å². The van der Waals surface area contributed by atoms with Gasteiger partial charge in [-0.2, -0.15) is 0 Å². The quantitative estimate of drug-likeness (QED) is 0.809. The highest BCUT2D eigenvalue weighted by molar-refractivity contribution is 9.10. The summed E-state index contributed by atoms with van der Waals surface area (Å²) in [4.78, 5) is 0. The van der Waals surface area contributed by atoms with Crippen LogP contribution in [0.3, 0.4) is 0 Å². The minimum atomic E-state index is 0.568. The standard InChI is InChI=1S/C14H18BrNO/c1-10(2)9-17-14-11(4-3-5-13(14)15)8-16-12-6-7-12/h3-5,12,16H,1,6-9H2,2H3. The smallest absolute Gasteiger partial charge is 0.138 e.